The van der Waals surface area contributed by atoms with Crippen LogP contribution in [0.5, 0.6) is 5.75 Å². The molecule has 2 aromatic rings. The van der Waals surface area contributed by atoms with E-state index in [0.717, 1.165) is 30.6 Å². The average Bonchev–Trinajstić information content (AvgIpc) is 2.75. The summed E-state index contributed by atoms with van der Waals surface area (Å²) in [6, 6.07) is 13.6. The van der Waals surface area contributed by atoms with Crippen LogP contribution in [0.2, 0.25) is 0 Å². The number of amides is 1. The number of hydrogen-bond donors (Lipinski definition) is 1. The predicted octanol–water partition coefficient (Wildman–Crippen LogP) is 3.75. The number of hydrogen-bond acceptors (Lipinski definition) is 4. The maximum atomic E-state index is 12.9. The van der Waals surface area contributed by atoms with Crippen molar-refractivity contribution in [3.05, 3.63) is 59.7 Å². The predicted molar refractivity (Wildman–Crippen MR) is 113 cm³/mol. The molecule has 1 aliphatic rings. The van der Waals surface area contributed by atoms with Gasteiger partial charge < -0.3 is 10.1 Å². The fourth-order valence-electron chi connectivity index (χ4n) is 3.46. The lowest BCUT2D eigenvalue weighted by atomic mass is 10.1. The highest BCUT2D eigenvalue weighted by Crippen LogP contribution is 2.23. The lowest BCUT2D eigenvalue weighted by Gasteiger charge is -2.26. The molecule has 1 heterocycles. The molecule has 0 saturated carbocycles. The largest absolute Gasteiger partial charge is 0.494 e. The van der Waals surface area contributed by atoms with Crippen LogP contribution < -0.4 is 10.1 Å². The minimum atomic E-state index is -3.57. The topological polar surface area (TPSA) is 75.7 Å². The number of rotatable bonds is 7. The van der Waals surface area contributed by atoms with Crippen LogP contribution in [-0.4, -0.2) is 38.3 Å². The van der Waals surface area contributed by atoms with Crippen molar-refractivity contribution in [3.63, 3.8) is 0 Å². The van der Waals surface area contributed by atoms with Gasteiger partial charge in [-0.25, -0.2) is 8.42 Å². The van der Waals surface area contributed by atoms with E-state index >= 15 is 0 Å². The van der Waals surface area contributed by atoms with Gasteiger partial charge in [0.05, 0.1) is 17.5 Å². The molecule has 7 heteroatoms. The van der Waals surface area contributed by atoms with E-state index in [1.807, 2.05) is 38.1 Å². The number of carbonyl (C=O) groups excluding carboxylic acids is 1. The third-order valence-corrected chi connectivity index (χ3v) is 6.96. The average molecular weight is 417 g/mol. The molecule has 0 spiro atoms. The molecular weight excluding hydrogens is 388 g/mol. The molecule has 0 radical (unpaired) electrons. The summed E-state index contributed by atoms with van der Waals surface area (Å²) in [5.41, 5.74) is 1.25. The van der Waals surface area contributed by atoms with Gasteiger partial charge in [0.2, 0.25) is 10.0 Å². The summed E-state index contributed by atoms with van der Waals surface area (Å²) in [5, 5.41) is 2.94. The fraction of sp³-hybridized carbons (Fsp3) is 0.409. The number of nitrogens with one attached hydrogen (secondary N) is 1. The summed E-state index contributed by atoms with van der Waals surface area (Å²) in [4.78, 5) is 12.9. The number of piperidine rings is 1. The van der Waals surface area contributed by atoms with Crippen LogP contribution in [0.1, 0.15) is 55.1 Å². The van der Waals surface area contributed by atoms with Crippen LogP contribution in [0.25, 0.3) is 0 Å². The number of sulfonamides is 1. The van der Waals surface area contributed by atoms with Crippen LogP contribution in [0.3, 0.4) is 0 Å². The Labute approximate surface area is 172 Å². The van der Waals surface area contributed by atoms with Gasteiger partial charge in [0, 0.05) is 18.7 Å². The molecule has 6 nitrogen and oxygen atoms in total. The Balaban J connectivity index is 1.74. The number of benzene rings is 2. The quantitative estimate of drug-likeness (QED) is 0.746. The Hall–Kier alpha value is -2.38. The minimum Gasteiger partial charge on any atom is -0.494 e. The Morgan fingerprint density at radius 3 is 2.55 bits per heavy atom. The standard InChI is InChI=1S/C22H28N2O4S/c1-3-28-20-11-7-9-18(15-20)17(2)23-22(25)19-10-8-12-21(16-19)29(26,27)24-13-5-4-6-14-24/h7-12,15-17H,3-6,13-14H2,1-2H3,(H,23,25). The van der Waals surface area contributed by atoms with Gasteiger partial charge in [-0.2, -0.15) is 4.31 Å². The first kappa shape index (κ1) is 21.3. The van der Waals surface area contributed by atoms with Crippen molar-refractivity contribution in [1.29, 1.82) is 0 Å². The van der Waals surface area contributed by atoms with Crippen molar-refractivity contribution in [1.82, 2.24) is 9.62 Å². The van der Waals surface area contributed by atoms with Gasteiger partial charge in [-0.05, 0) is 62.6 Å². The van der Waals surface area contributed by atoms with Crippen LogP contribution in [0.15, 0.2) is 53.4 Å². The van der Waals surface area contributed by atoms with Crippen molar-refractivity contribution in [2.24, 2.45) is 0 Å². The molecule has 1 atom stereocenters. The fourth-order valence-corrected chi connectivity index (χ4v) is 5.02. The molecule has 0 aromatic heterocycles. The number of carbonyl (C=O) groups is 1. The molecular formula is C22H28N2O4S. The summed E-state index contributed by atoms with van der Waals surface area (Å²) < 4.78 is 32.8. The van der Waals surface area contributed by atoms with Gasteiger partial charge >= 0.3 is 0 Å². The van der Waals surface area contributed by atoms with E-state index in [0.29, 0.717) is 25.3 Å². The molecule has 0 bridgehead atoms. The summed E-state index contributed by atoms with van der Waals surface area (Å²) in [7, 11) is -3.57. The highest BCUT2D eigenvalue weighted by molar-refractivity contribution is 7.89. The molecule has 156 valence electrons. The van der Waals surface area contributed by atoms with E-state index in [2.05, 4.69) is 5.32 Å². The second-order valence-electron chi connectivity index (χ2n) is 7.19. The Morgan fingerprint density at radius 2 is 1.83 bits per heavy atom. The third-order valence-electron chi connectivity index (χ3n) is 5.07. The second-order valence-corrected chi connectivity index (χ2v) is 9.13. The molecule has 1 saturated heterocycles. The van der Waals surface area contributed by atoms with Gasteiger partial charge in [0.25, 0.3) is 5.91 Å². The highest BCUT2D eigenvalue weighted by atomic mass is 32.2. The maximum Gasteiger partial charge on any atom is 0.251 e. The van der Waals surface area contributed by atoms with Crippen molar-refractivity contribution in [2.45, 2.75) is 44.0 Å². The lowest BCUT2D eigenvalue weighted by Crippen LogP contribution is -2.35. The molecule has 0 aliphatic carbocycles. The SMILES string of the molecule is CCOc1cccc(C(C)NC(=O)c2cccc(S(=O)(=O)N3CCCCC3)c2)c1. The van der Waals surface area contributed by atoms with E-state index in [4.69, 9.17) is 4.74 Å². The zero-order valence-corrected chi connectivity index (χ0v) is 17.7. The lowest BCUT2D eigenvalue weighted by molar-refractivity contribution is 0.0939. The first-order valence-corrected chi connectivity index (χ1v) is 11.5. The van der Waals surface area contributed by atoms with Crippen LogP contribution in [-0.2, 0) is 10.0 Å². The first-order valence-electron chi connectivity index (χ1n) is 10.1. The van der Waals surface area contributed by atoms with Crippen molar-refractivity contribution in [2.75, 3.05) is 19.7 Å². The number of nitrogens with zero attached hydrogens (tertiary/aromatic N) is 1. The Morgan fingerprint density at radius 1 is 1.10 bits per heavy atom. The van der Waals surface area contributed by atoms with Crippen molar-refractivity contribution < 1.29 is 17.9 Å². The molecule has 1 unspecified atom stereocenters. The van der Waals surface area contributed by atoms with Gasteiger partial charge in [-0.15, -0.1) is 0 Å². The summed E-state index contributed by atoms with van der Waals surface area (Å²) in [6.45, 7) is 5.44. The summed E-state index contributed by atoms with van der Waals surface area (Å²) in [6.07, 6.45) is 2.80. The molecule has 1 fully saturated rings. The summed E-state index contributed by atoms with van der Waals surface area (Å²) >= 11 is 0. The highest BCUT2D eigenvalue weighted by Gasteiger charge is 2.26. The molecule has 1 N–H and O–H groups in total. The monoisotopic (exact) mass is 416 g/mol. The van der Waals surface area contributed by atoms with Crippen LogP contribution >= 0.6 is 0 Å². The molecule has 1 amide bonds. The summed E-state index contributed by atoms with van der Waals surface area (Å²) in [5.74, 6) is 0.440. The second kappa shape index (κ2) is 9.41. The normalized spacial score (nSPS) is 16.2. The minimum absolute atomic E-state index is 0.165. The Bertz CT molecular complexity index is 953. The smallest absolute Gasteiger partial charge is 0.251 e. The van der Waals surface area contributed by atoms with Gasteiger partial charge in [0.1, 0.15) is 5.75 Å². The van der Waals surface area contributed by atoms with Gasteiger partial charge in [0.15, 0.2) is 0 Å². The zero-order chi connectivity index (χ0) is 20.9. The van der Waals surface area contributed by atoms with E-state index in [1.54, 1.807) is 18.2 Å². The van der Waals surface area contributed by atoms with Gasteiger partial charge in [-0.1, -0.05) is 24.6 Å². The van der Waals surface area contributed by atoms with E-state index in [9.17, 15) is 13.2 Å². The van der Waals surface area contributed by atoms with Crippen molar-refractivity contribution in [3.8, 4) is 5.75 Å². The first-order chi connectivity index (χ1) is 13.9. The van der Waals surface area contributed by atoms with E-state index in [-0.39, 0.29) is 16.8 Å². The number of ether oxygens (including phenoxy) is 1. The molecule has 1 aliphatic heterocycles. The molecule has 3 rings (SSSR count). The zero-order valence-electron chi connectivity index (χ0n) is 16.9. The van der Waals surface area contributed by atoms with Crippen LogP contribution in [0, 0.1) is 0 Å². The van der Waals surface area contributed by atoms with E-state index in [1.165, 1.54) is 10.4 Å². The van der Waals surface area contributed by atoms with Crippen LogP contribution in [0.4, 0.5) is 0 Å². The third kappa shape index (κ3) is 5.16. The van der Waals surface area contributed by atoms with Gasteiger partial charge in [-0.3, -0.25) is 4.79 Å². The molecule has 2 aromatic carbocycles. The Kier molecular flexibility index (Phi) is 6.92. The van der Waals surface area contributed by atoms with Crippen molar-refractivity contribution >= 4 is 15.9 Å². The maximum absolute atomic E-state index is 12.9. The molecule has 29 heavy (non-hydrogen) atoms. The van der Waals surface area contributed by atoms with E-state index < -0.39 is 10.0 Å².